The summed E-state index contributed by atoms with van der Waals surface area (Å²) in [6.07, 6.45) is 4.29. The maximum Gasteiger partial charge on any atom is 0.255 e. The molecule has 1 aliphatic heterocycles. The zero-order valence-corrected chi connectivity index (χ0v) is 14.6. The molecule has 0 radical (unpaired) electrons. The molecule has 0 spiro atoms. The fourth-order valence-corrected chi connectivity index (χ4v) is 3.28. The molecule has 0 unspecified atom stereocenters. The van der Waals surface area contributed by atoms with E-state index in [4.69, 9.17) is 0 Å². The topological polar surface area (TPSA) is 59.8 Å². The zero-order valence-electron chi connectivity index (χ0n) is 14.6. The second kappa shape index (κ2) is 7.26. The number of aromatic nitrogens is 3. The normalized spacial score (nSPS) is 13.7. The van der Waals surface area contributed by atoms with Crippen molar-refractivity contribution in [3.05, 3.63) is 65.5 Å². The molecule has 138 valence electrons. The Kier molecular flexibility index (Phi) is 4.66. The van der Waals surface area contributed by atoms with Crippen molar-refractivity contribution in [1.29, 1.82) is 0 Å². The van der Waals surface area contributed by atoms with Crippen molar-refractivity contribution >= 4 is 11.6 Å². The van der Waals surface area contributed by atoms with E-state index >= 15 is 0 Å². The third-order valence-corrected chi connectivity index (χ3v) is 4.67. The molecule has 0 fully saturated rings. The van der Waals surface area contributed by atoms with Crippen molar-refractivity contribution in [2.75, 3.05) is 5.32 Å². The first-order valence-electron chi connectivity index (χ1n) is 8.91. The second-order valence-corrected chi connectivity index (χ2v) is 6.57. The van der Waals surface area contributed by atoms with Crippen LogP contribution in [0.25, 0.3) is 11.4 Å². The Morgan fingerprint density at radius 2 is 1.89 bits per heavy atom. The molecule has 1 aliphatic rings. The Labute approximate surface area is 155 Å². The minimum absolute atomic E-state index is 0.0515. The average molecular weight is 368 g/mol. The van der Waals surface area contributed by atoms with E-state index in [0.29, 0.717) is 5.69 Å². The first-order chi connectivity index (χ1) is 13.1. The summed E-state index contributed by atoms with van der Waals surface area (Å²) in [6.45, 7) is 0.878. The summed E-state index contributed by atoms with van der Waals surface area (Å²) in [5.74, 6) is -0.788. The number of nitrogens with one attached hydrogen (secondary N) is 1. The van der Waals surface area contributed by atoms with Gasteiger partial charge in [0.25, 0.3) is 5.91 Å². The van der Waals surface area contributed by atoms with Gasteiger partial charge in [-0.3, -0.25) is 4.79 Å². The number of carbonyl (C=O) groups is 1. The standard InChI is InChI=1S/C20H18F2N4O/c21-16-9-8-14(12-17(16)22)20(27)23-15-6-4-5-13(11-15)19-25-24-18-7-2-1-3-10-26(18)19/h4-6,8-9,11-12H,1-3,7,10H2,(H,23,27). The summed E-state index contributed by atoms with van der Waals surface area (Å²) in [5, 5.41) is 11.3. The van der Waals surface area contributed by atoms with E-state index in [9.17, 15) is 13.6 Å². The van der Waals surface area contributed by atoms with E-state index in [-0.39, 0.29) is 5.56 Å². The molecule has 2 heterocycles. The number of hydrogen-bond acceptors (Lipinski definition) is 3. The van der Waals surface area contributed by atoms with E-state index in [1.807, 2.05) is 12.1 Å². The van der Waals surface area contributed by atoms with Crippen LogP contribution in [0.5, 0.6) is 0 Å². The van der Waals surface area contributed by atoms with E-state index in [0.717, 1.165) is 55.2 Å². The van der Waals surface area contributed by atoms with Gasteiger partial charge in [0.15, 0.2) is 17.5 Å². The largest absolute Gasteiger partial charge is 0.322 e. The van der Waals surface area contributed by atoms with Gasteiger partial charge in [-0.15, -0.1) is 10.2 Å². The van der Waals surface area contributed by atoms with Gasteiger partial charge in [0, 0.05) is 29.8 Å². The number of benzene rings is 2. The van der Waals surface area contributed by atoms with Crippen LogP contribution in [0.3, 0.4) is 0 Å². The SMILES string of the molecule is O=C(Nc1cccc(-c2nnc3n2CCCCC3)c1)c1ccc(F)c(F)c1. The summed E-state index contributed by atoms with van der Waals surface area (Å²) >= 11 is 0. The maximum absolute atomic E-state index is 13.3. The average Bonchev–Trinajstić information content (AvgIpc) is 2.92. The highest BCUT2D eigenvalue weighted by molar-refractivity contribution is 6.04. The molecule has 27 heavy (non-hydrogen) atoms. The van der Waals surface area contributed by atoms with E-state index in [1.54, 1.807) is 12.1 Å². The van der Waals surface area contributed by atoms with Crippen LogP contribution in [0.2, 0.25) is 0 Å². The third kappa shape index (κ3) is 3.58. The van der Waals surface area contributed by atoms with Gasteiger partial charge in [-0.1, -0.05) is 18.6 Å². The first kappa shape index (κ1) is 17.3. The number of hydrogen-bond donors (Lipinski definition) is 1. The molecule has 2 aromatic carbocycles. The molecule has 1 amide bonds. The number of rotatable bonds is 3. The van der Waals surface area contributed by atoms with Crippen LogP contribution in [-0.2, 0) is 13.0 Å². The molecule has 0 aliphatic carbocycles. The Bertz CT molecular complexity index is 999. The molecule has 3 aromatic rings. The van der Waals surface area contributed by atoms with Gasteiger partial charge >= 0.3 is 0 Å². The summed E-state index contributed by atoms with van der Waals surface area (Å²) in [7, 11) is 0. The van der Waals surface area contributed by atoms with Gasteiger partial charge in [0.05, 0.1) is 0 Å². The molecule has 7 heteroatoms. The van der Waals surface area contributed by atoms with E-state index in [1.165, 1.54) is 12.5 Å². The van der Waals surface area contributed by atoms with Gasteiger partial charge in [0.2, 0.25) is 0 Å². The number of aryl methyl sites for hydroxylation is 1. The Balaban J connectivity index is 1.59. The number of halogens is 2. The Morgan fingerprint density at radius 3 is 2.74 bits per heavy atom. The molecule has 0 saturated carbocycles. The van der Waals surface area contributed by atoms with E-state index < -0.39 is 17.5 Å². The van der Waals surface area contributed by atoms with Crippen molar-refractivity contribution in [2.24, 2.45) is 0 Å². The highest BCUT2D eigenvalue weighted by atomic mass is 19.2. The molecule has 0 atom stereocenters. The van der Waals surface area contributed by atoms with Gasteiger partial charge in [-0.05, 0) is 43.2 Å². The molecule has 1 N–H and O–H groups in total. The number of nitrogens with zero attached hydrogens (tertiary/aromatic N) is 3. The lowest BCUT2D eigenvalue weighted by atomic mass is 10.1. The Morgan fingerprint density at radius 1 is 1.00 bits per heavy atom. The summed E-state index contributed by atoms with van der Waals surface area (Å²) < 4.78 is 28.5. The van der Waals surface area contributed by atoms with Crippen LogP contribution in [0.4, 0.5) is 14.5 Å². The monoisotopic (exact) mass is 368 g/mol. The quantitative estimate of drug-likeness (QED) is 0.754. The lowest BCUT2D eigenvalue weighted by molar-refractivity contribution is 0.102. The van der Waals surface area contributed by atoms with Crippen LogP contribution in [0.1, 0.15) is 35.4 Å². The third-order valence-electron chi connectivity index (χ3n) is 4.67. The van der Waals surface area contributed by atoms with Gasteiger partial charge in [-0.25, -0.2) is 8.78 Å². The number of carbonyl (C=O) groups excluding carboxylic acids is 1. The number of amides is 1. The van der Waals surface area contributed by atoms with Crippen molar-refractivity contribution < 1.29 is 13.6 Å². The van der Waals surface area contributed by atoms with Crippen molar-refractivity contribution in [2.45, 2.75) is 32.2 Å². The van der Waals surface area contributed by atoms with Gasteiger partial charge < -0.3 is 9.88 Å². The molecule has 5 nitrogen and oxygen atoms in total. The zero-order chi connectivity index (χ0) is 18.8. The van der Waals surface area contributed by atoms with Crippen LogP contribution >= 0.6 is 0 Å². The first-order valence-corrected chi connectivity index (χ1v) is 8.91. The molecule has 1 aromatic heterocycles. The van der Waals surface area contributed by atoms with Crippen LogP contribution < -0.4 is 5.32 Å². The second-order valence-electron chi connectivity index (χ2n) is 6.57. The minimum Gasteiger partial charge on any atom is -0.322 e. The molecule has 4 rings (SSSR count). The smallest absolute Gasteiger partial charge is 0.255 e. The van der Waals surface area contributed by atoms with Crippen LogP contribution in [0, 0.1) is 11.6 Å². The fraction of sp³-hybridized carbons (Fsp3) is 0.250. The predicted octanol–water partition coefficient (Wildman–Crippen LogP) is 4.20. The van der Waals surface area contributed by atoms with E-state index in [2.05, 4.69) is 20.1 Å². The molecular formula is C20H18F2N4O. The molecule has 0 bridgehead atoms. The molecule has 0 saturated heterocycles. The lowest BCUT2D eigenvalue weighted by Gasteiger charge is -2.10. The minimum atomic E-state index is -1.05. The summed E-state index contributed by atoms with van der Waals surface area (Å²) in [5.41, 5.74) is 1.45. The maximum atomic E-state index is 13.3. The van der Waals surface area contributed by atoms with Crippen molar-refractivity contribution in [3.63, 3.8) is 0 Å². The highest BCUT2D eigenvalue weighted by Crippen LogP contribution is 2.25. The van der Waals surface area contributed by atoms with Crippen molar-refractivity contribution in [3.8, 4) is 11.4 Å². The van der Waals surface area contributed by atoms with Gasteiger partial charge in [-0.2, -0.15) is 0 Å². The Hall–Kier alpha value is -3.09. The number of anilines is 1. The van der Waals surface area contributed by atoms with Crippen molar-refractivity contribution in [1.82, 2.24) is 14.8 Å². The lowest BCUT2D eigenvalue weighted by Crippen LogP contribution is -2.12. The summed E-state index contributed by atoms with van der Waals surface area (Å²) in [4.78, 5) is 12.3. The molecular weight excluding hydrogens is 350 g/mol. The predicted molar refractivity (Wildman–Crippen MR) is 97.3 cm³/mol. The summed E-state index contributed by atoms with van der Waals surface area (Å²) in [6, 6.07) is 10.3. The van der Waals surface area contributed by atoms with Crippen LogP contribution in [-0.4, -0.2) is 20.7 Å². The van der Waals surface area contributed by atoms with Crippen LogP contribution in [0.15, 0.2) is 42.5 Å². The number of fused-ring (bicyclic) bond motifs is 1. The highest BCUT2D eigenvalue weighted by Gasteiger charge is 2.17. The fourth-order valence-electron chi connectivity index (χ4n) is 3.28. The van der Waals surface area contributed by atoms with Gasteiger partial charge in [0.1, 0.15) is 5.82 Å².